The second-order valence-electron chi connectivity index (χ2n) is 7.50. The molecule has 5 heteroatoms. The van der Waals surface area contributed by atoms with Crippen LogP contribution in [0.25, 0.3) is 50.3 Å². The van der Waals surface area contributed by atoms with Crippen molar-refractivity contribution in [3.05, 3.63) is 90.2 Å². The molecule has 0 saturated carbocycles. The Labute approximate surface area is 184 Å². The standard InChI is InChI=1S/C27H18N2O3/c1-29-23-12-5-4-10-22(23)25(24-14-13-19(32-24)15-18(16-28)27(30)31)26(29)21-11-6-8-17-7-2-3-9-20(17)21/h2-15H,1H3,(H,30,31)/b18-15+. The minimum Gasteiger partial charge on any atom is -0.477 e. The first-order valence-corrected chi connectivity index (χ1v) is 10.1. The zero-order valence-electron chi connectivity index (χ0n) is 17.2. The van der Waals surface area contributed by atoms with E-state index in [1.54, 1.807) is 12.1 Å². The molecule has 5 aromatic rings. The largest absolute Gasteiger partial charge is 0.477 e. The van der Waals surface area contributed by atoms with Gasteiger partial charge in [-0.3, -0.25) is 0 Å². The zero-order chi connectivity index (χ0) is 22.2. The van der Waals surface area contributed by atoms with Crippen molar-refractivity contribution >= 4 is 33.7 Å². The second-order valence-corrected chi connectivity index (χ2v) is 7.50. The van der Waals surface area contributed by atoms with E-state index in [9.17, 15) is 4.79 Å². The lowest BCUT2D eigenvalue weighted by Gasteiger charge is -2.11. The maximum atomic E-state index is 11.2. The molecule has 0 bridgehead atoms. The fourth-order valence-electron chi connectivity index (χ4n) is 4.24. The molecule has 0 spiro atoms. The van der Waals surface area contributed by atoms with E-state index >= 15 is 0 Å². The number of nitriles is 1. The minimum absolute atomic E-state index is 0.316. The predicted octanol–water partition coefficient (Wildman–Crippen LogP) is 6.25. The number of rotatable bonds is 4. The smallest absolute Gasteiger partial charge is 0.346 e. The molecule has 32 heavy (non-hydrogen) atoms. The number of carboxylic acid groups (broad SMARTS) is 1. The summed E-state index contributed by atoms with van der Waals surface area (Å²) in [5, 5.41) is 21.5. The van der Waals surface area contributed by atoms with E-state index in [1.807, 2.05) is 43.4 Å². The lowest BCUT2D eigenvalue weighted by atomic mass is 9.98. The molecule has 2 heterocycles. The average Bonchev–Trinajstić information content (AvgIpc) is 3.39. The highest BCUT2D eigenvalue weighted by Gasteiger charge is 2.22. The Kier molecular flexibility index (Phi) is 4.61. The van der Waals surface area contributed by atoms with E-state index in [-0.39, 0.29) is 5.57 Å². The van der Waals surface area contributed by atoms with Gasteiger partial charge < -0.3 is 14.1 Å². The van der Waals surface area contributed by atoms with E-state index in [2.05, 4.69) is 41.0 Å². The Bertz CT molecular complexity index is 1570. The maximum absolute atomic E-state index is 11.2. The Hall–Kier alpha value is -4.56. The highest BCUT2D eigenvalue weighted by atomic mass is 16.4. The third kappa shape index (κ3) is 3.06. The number of aromatic nitrogens is 1. The van der Waals surface area contributed by atoms with E-state index in [0.29, 0.717) is 11.5 Å². The molecule has 0 aliphatic carbocycles. The highest BCUT2D eigenvalue weighted by Crippen LogP contribution is 2.43. The van der Waals surface area contributed by atoms with Gasteiger partial charge in [0.15, 0.2) is 0 Å². The van der Waals surface area contributed by atoms with Gasteiger partial charge in [-0.05, 0) is 29.0 Å². The molecule has 5 nitrogen and oxygen atoms in total. The number of hydrogen-bond donors (Lipinski definition) is 1. The van der Waals surface area contributed by atoms with E-state index in [0.717, 1.165) is 38.5 Å². The Morgan fingerprint density at radius 2 is 1.69 bits per heavy atom. The van der Waals surface area contributed by atoms with Crippen LogP contribution < -0.4 is 0 Å². The van der Waals surface area contributed by atoms with Crippen LogP contribution in [0.5, 0.6) is 0 Å². The van der Waals surface area contributed by atoms with Crippen LogP contribution in [0.2, 0.25) is 0 Å². The summed E-state index contributed by atoms with van der Waals surface area (Å²) in [5.74, 6) is -0.360. The fourth-order valence-corrected chi connectivity index (χ4v) is 4.24. The van der Waals surface area contributed by atoms with Crippen molar-refractivity contribution in [2.45, 2.75) is 0 Å². The number of carbonyl (C=O) groups is 1. The summed E-state index contributed by atoms with van der Waals surface area (Å²) in [7, 11) is 2.03. The molecule has 0 atom stereocenters. The molecule has 2 aromatic heterocycles. The van der Waals surface area contributed by atoms with Gasteiger partial charge in [0.05, 0.1) is 11.3 Å². The number of aliphatic carboxylic acids is 1. The van der Waals surface area contributed by atoms with Crippen molar-refractivity contribution < 1.29 is 14.3 Å². The summed E-state index contributed by atoms with van der Waals surface area (Å²) in [6, 6.07) is 27.8. The summed E-state index contributed by atoms with van der Waals surface area (Å²) < 4.78 is 8.20. The summed E-state index contributed by atoms with van der Waals surface area (Å²) in [5.41, 5.74) is 3.69. The Morgan fingerprint density at radius 3 is 2.47 bits per heavy atom. The number of furan rings is 1. The summed E-state index contributed by atoms with van der Waals surface area (Å²) in [6.07, 6.45) is 1.24. The van der Waals surface area contributed by atoms with Gasteiger partial charge in [-0.25, -0.2) is 4.79 Å². The van der Waals surface area contributed by atoms with Crippen molar-refractivity contribution in [2.24, 2.45) is 7.05 Å². The first-order chi connectivity index (χ1) is 15.6. The highest BCUT2D eigenvalue weighted by molar-refractivity contribution is 6.08. The van der Waals surface area contributed by atoms with E-state index < -0.39 is 5.97 Å². The van der Waals surface area contributed by atoms with Gasteiger partial charge in [0.2, 0.25) is 0 Å². The number of aryl methyl sites for hydroxylation is 1. The van der Waals surface area contributed by atoms with Gasteiger partial charge in [-0.1, -0.05) is 60.7 Å². The summed E-state index contributed by atoms with van der Waals surface area (Å²) >= 11 is 0. The second kappa shape index (κ2) is 7.60. The molecule has 0 saturated heterocycles. The molecule has 0 radical (unpaired) electrons. The Balaban J connectivity index is 1.80. The van der Waals surface area contributed by atoms with Gasteiger partial charge in [0.1, 0.15) is 23.2 Å². The topological polar surface area (TPSA) is 79.2 Å². The molecule has 154 valence electrons. The molecular weight excluding hydrogens is 400 g/mol. The van der Waals surface area contributed by atoms with Gasteiger partial charge in [0, 0.05) is 29.6 Å². The van der Waals surface area contributed by atoms with Crippen LogP contribution in [-0.4, -0.2) is 15.6 Å². The number of nitrogens with zero attached hydrogens (tertiary/aromatic N) is 2. The van der Waals surface area contributed by atoms with E-state index in [1.165, 1.54) is 6.08 Å². The normalized spacial score (nSPS) is 11.7. The molecule has 0 amide bonds. The third-order valence-electron chi connectivity index (χ3n) is 5.66. The molecule has 0 unspecified atom stereocenters. The SMILES string of the molecule is Cn1c(-c2cccc3ccccc23)c(-c2ccc(/C=C(\C#N)C(=O)O)o2)c2ccccc21. The molecule has 0 aliphatic rings. The lowest BCUT2D eigenvalue weighted by molar-refractivity contribution is -0.132. The van der Waals surface area contributed by atoms with Crippen molar-refractivity contribution in [3.63, 3.8) is 0 Å². The fraction of sp³-hybridized carbons (Fsp3) is 0.0370. The van der Waals surface area contributed by atoms with Crippen LogP contribution in [0, 0.1) is 11.3 Å². The zero-order valence-corrected chi connectivity index (χ0v) is 17.2. The lowest BCUT2D eigenvalue weighted by Crippen LogP contribution is -1.96. The number of hydrogen-bond acceptors (Lipinski definition) is 3. The molecular formula is C27H18N2O3. The first kappa shape index (κ1) is 19.4. The molecule has 0 aliphatic heterocycles. The van der Waals surface area contributed by atoms with Crippen molar-refractivity contribution in [2.75, 3.05) is 0 Å². The van der Waals surface area contributed by atoms with Crippen LogP contribution in [0.3, 0.4) is 0 Å². The van der Waals surface area contributed by atoms with Crippen LogP contribution in [0.1, 0.15) is 5.76 Å². The average molecular weight is 418 g/mol. The Morgan fingerprint density at radius 1 is 0.969 bits per heavy atom. The third-order valence-corrected chi connectivity index (χ3v) is 5.66. The number of benzene rings is 3. The number of para-hydroxylation sites is 1. The minimum atomic E-state index is -1.29. The predicted molar refractivity (Wildman–Crippen MR) is 125 cm³/mol. The van der Waals surface area contributed by atoms with Crippen LogP contribution in [0.4, 0.5) is 0 Å². The molecule has 5 rings (SSSR count). The van der Waals surface area contributed by atoms with Gasteiger partial charge in [-0.15, -0.1) is 0 Å². The van der Waals surface area contributed by atoms with Crippen molar-refractivity contribution in [1.29, 1.82) is 5.26 Å². The van der Waals surface area contributed by atoms with Crippen molar-refractivity contribution in [1.82, 2.24) is 4.57 Å². The van der Waals surface area contributed by atoms with Crippen molar-refractivity contribution in [3.8, 4) is 28.7 Å². The number of carboxylic acids is 1. The van der Waals surface area contributed by atoms with Gasteiger partial charge in [-0.2, -0.15) is 5.26 Å². The van der Waals surface area contributed by atoms with E-state index in [4.69, 9.17) is 14.8 Å². The first-order valence-electron chi connectivity index (χ1n) is 10.1. The summed E-state index contributed by atoms with van der Waals surface area (Å²) in [6.45, 7) is 0. The van der Waals surface area contributed by atoms with Crippen LogP contribution >= 0.6 is 0 Å². The van der Waals surface area contributed by atoms with Gasteiger partial charge >= 0.3 is 5.97 Å². The quantitative estimate of drug-likeness (QED) is 0.276. The van der Waals surface area contributed by atoms with Crippen LogP contribution in [-0.2, 0) is 11.8 Å². The van der Waals surface area contributed by atoms with Crippen LogP contribution in [0.15, 0.2) is 88.9 Å². The molecule has 0 fully saturated rings. The molecule has 3 aromatic carbocycles. The van der Waals surface area contributed by atoms with Gasteiger partial charge in [0.25, 0.3) is 0 Å². The number of fused-ring (bicyclic) bond motifs is 2. The summed E-state index contributed by atoms with van der Waals surface area (Å²) in [4.78, 5) is 11.2. The monoisotopic (exact) mass is 418 g/mol. The maximum Gasteiger partial charge on any atom is 0.346 e. The molecule has 1 N–H and O–H groups in total.